The molecule has 17 heavy (non-hydrogen) atoms. The van der Waals surface area contributed by atoms with Crippen molar-refractivity contribution in [1.29, 1.82) is 0 Å². The molecule has 0 aliphatic rings. The number of methoxy groups -OCH3 is 1. The number of ether oxygens (including phenoxy) is 1. The summed E-state index contributed by atoms with van der Waals surface area (Å²) in [5.74, 6) is 1.59. The third kappa shape index (κ3) is 2.30. The highest BCUT2D eigenvalue weighted by Gasteiger charge is 2.08. The van der Waals surface area contributed by atoms with Crippen LogP contribution in [0, 0.1) is 6.92 Å². The molecule has 0 radical (unpaired) electrons. The molecule has 6 heteroatoms. The van der Waals surface area contributed by atoms with Crippen LogP contribution < -0.4 is 4.74 Å². The van der Waals surface area contributed by atoms with Crippen molar-refractivity contribution in [1.82, 2.24) is 19.7 Å². The van der Waals surface area contributed by atoms with Crippen LogP contribution in [-0.4, -0.2) is 32.6 Å². The summed E-state index contributed by atoms with van der Waals surface area (Å²) in [5.41, 5.74) is 0.542. The van der Waals surface area contributed by atoms with E-state index in [-0.39, 0.29) is 5.78 Å². The molecule has 0 aliphatic heterocycles. The molecule has 0 spiro atoms. The average molecular weight is 232 g/mol. The predicted molar refractivity (Wildman–Crippen MR) is 60.4 cm³/mol. The number of ketones is 1. The van der Waals surface area contributed by atoms with E-state index in [1.165, 1.54) is 24.9 Å². The molecule has 0 atom stereocenters. The molecule has 0 N–H and O–H groups in total. The lowest BCUT2D eigenvalue weighted by Gasteiger charge is -2.04. The standard InChI is InChI=1S/C11H12N4O2/c1-7(16)9-5-12-15(6-9)10-4-11(17-3)14-8(2)13-10/h4-6H,1-3H3. The van der Waals surface area contributed by atoms with Gasteiger partial charge in [0.15, 0.2) is 11.6 Å². The van der Waals surface area contributed by atoms with Crippen LogP contribution in [0.1, 0.15) is 23.1 Å². The van der Waals surface area contributed by atoms with E-state index in [1.54, 1.807) is 19.2 Å². The molecule has 0 bridgehead atoms. The topological polar surface area (TPSA) is 69.9 Å². The zero-order chi connectivity index (χ0) is 12.4. The molecule has 2 rings (SSSR count). The zero-order valence-electron chi connectivity index (χ0n) is 9.84. The molecule has 0 saturated heterocycles. The van der Waals surface area contributed by atoms with Crippen LogP contribution in [0.25, 0.3) is 5.82 Å². The first-order valence-corrected chi connectivity index (χ1v) is 5.06. The van der Waals surface area contributed by atoms with E-state index in [1.807, 2.05) is 0 Å². The first kappa shape index (κ1) is 11.3. The van der Waals surface area contributed by atoms with Crippen molar-refractivity contribution < 1.29 is 9.53 Å². The number of rotatable bonds is 3. The van der Waals surface area contributed by atoms with Crippen LogP contribution in [0.3, 0.4) is 0 Å². The molecule has 0 aromatic carbocycles. The summed E-state index contributed by atoms with van der Waals surface area (Å²) >= 11 is 0. The van der Waals surface area contributed by atoms with Crippen molar-refractivity contribution >= 4 is 5.78 Å². The molecule has 0 aliphatic carbocycles. The fourth-order valence-electron chi connectivity index (χ4n) is 1.38. The summed E-state index contributed by atoms with van der Waals surface area (Å²) in [5, 5.41) is 4.07. The quantitative estimate of drug-likeness (QED) is 0.743. The maximum Gasteiger partial charge on any atom is 0.218 e. The minimum Gasteiger partial charge on any atom is -0.481 e. The van der Waals surface area contributed by atoms with Gasteiger partial charge in [0.2, 0.25) is 5.88 Å². The number of nitrogens with zero attached hydrogens (tertiary/aromatic N) is 4. The number of carbonyl (C=O) groups is 1. The maximum atomic E-state index is 11.2. The highest BCUT2D eigenvalue weighted by molar-refractivity contribution is 5.93. The Hall–Kier alpha value is -2.24. The Morgan fingerprint density at radius 2 is 2.18 bits per heavy atom. The van der Waals surface area contributed by atoms with Crippen molar-refractivity contribution in [3.05, 3.63) is 29.8 Å². The van der Waals surface area contributed by atoms with Gasteiger partial charge in [-0.25, -0.2) is 9.67 Å². The number of hydrogen-bond acceptors (Lipinski definition) is 5. The molecule has 0 amide bonds. The first-order chi connectivity index (χ1) is 8.10. The van der Waals surface area contributed by atoms with Crippen molar-refractivity contribution in [2.24, 2.45) is 0 Å². The van der Waals surface area contributed by atoms with Gasteiger partial charge in [0.1, 0.15) is 5.82 Å². The Morgan fingerprint density at radius 3 is 2.76 bits per heavy atom. The number of Topliss-reactive ketones (excluding diaryl/α,β-unsaturated/α-hetero) is 1. The Kier molecular flexibility index (Phi) is 2.86. The second-order valence-electron chi connectivity index (χ2n) is 3.55. The molecule has 2 aromatic heterocycles. The van der Waals surface area contributed by atoms with Gasteiger partial charge >= 0.3 is 0 Å². The molecule has 88 valence electrons. The Balaban J connectivity index is 2.44. The summed E-state index contributed by atoms with van der Waals surface area (Å²) in [7, 11) is 1.54. The molecule has 2 heterocycles. The molecular weight excluding hydrogens is 220 g/mol. The highest BCUT2D eigenvalue weighted by atomic mass is 16.5. The predicted octanol–water partition coefficient (Wildman–Crippen LogP) is 1.18. The summed E-state index contributed by atoms with van der Waals surface area (Å²) in [6, 6.07) is 1.66. The van der Waals surface area contributed by atoms with Crippen LogP contribution >= 0.6 is 0 Å². The Labute approximate surface area is 98.3 Å². The molecule has 6 nitrogen and oxygen atoms in total. The Morgan fingerprint density at radius 1 is 1.41 bits per heavy atom. The van der Waals surface area contributed by atoms with E-state index < -0.39 is 0 Å². The van der Waals surface area contributed by atoms with Crippen molar-refractivity contribution in [2.45, 2.75) is 13.8 Å². The van der Waals surface area contributed by atoms with Gasteiger partial charge in [-0.3, -0.25) is 4.79 Å². The van der Waals surface area contributed by atoms with Gasteiger partial charge in [0.05, 0.1) is 18.9 Å². The number of aryl methyl sites for hydroxylation is 1. The summed E-state index contributed by atoms with van der Waals surface area (Å²) in [6.07, 6.45) is 3.13. The van der Waals surface area contributed by atoms with E-state index in [0.717, 1.165) is 0 Å². The summed E-state index contributed by atoms with van der Waals surface area (Å²) < 4.78 is 6.57. The third-order valence-corrected chi connectivity index (χ3v) is 2.23. The van der Waals surface area contributed by atoms with Gasteiger partial charge in [0, 0.05) is 12.3 Å². The van der Waals surface area contributed by atoms with E-state index >= 15 is 0 Å². The third-order valence-electron chi connectivity index (χ3n) is 2.23. The fourth-order valence-corrected chi connectivity index (χ4v) is 1.38. The lowest BCUT2D eigenvalue weighted by molar-refractivity contribution is 0.101. The van der Waals surface area contributed by atoms with Crippen molar-refractivity contribution in [3.8, 4) is 11.7 Å². The SMILES string of the molecule is COc1cc(-n2cc(C(C)=O)cn2)nc(C)n1. The van der Waals surface area contributed by atoms with Crippen LogP contribution in [0.15, 0.2) is 18.5 Å². The Bertz CT molecular complexity index is 562. The van der Waals surface area contributed by atoms with Gasteiger partial charge < -0.3 is 4.74 Å². The van der Waals surface area contributed by atoms with E-state index in [9.17, 15) is 4.79 Å². The smallest absolute Gasteiger partial charge is 0.218 e. The lowest BCUT2D eigenvalue weighted by Crippen LogP contribution is -2.02. The largest absolute Gasteiger partial charge is 0.481 e. The van der Waals surface area contributed by atoms with Gasteiger partial charge in [-0.2, -0.15) is 10.1 Å². The van der Waals surface area contributed by atoms with Crippen LogP contribution in [0.4, 0.5) is 0 Å². The van der Waals surface area contributed by atoms with E-state index in [4.69, 9.17) is 4.74 Å². The summed E-state index contributed by atoms with van der Waals surface area (Å²) in [6.45, 7) is 3.26. The number of hydrogen-bond donors (Lipinski definition) is 0. The maximum absolute atomic E-state index is 11.2. The fraction of sp³-hybridized carbons (Fsp3) is 0.273. The van der Waals surface area contributed by atoms with Gasteiger partial charge in [0.25, 0.3) is 0 Å². The second kappa shape index (κ2) is 4.32. The second-order valence-corrected chi connectivity index (χ2v) is 3.55. The van der Waals surface area contributed by atoms with Crippen LogP contribution in [0.2, 0.25) is 0 Å². The normalized spacial score (nSPS) is 10.3. The zero-order valence-corrected chi connectivity index (χ0v) is 9.84. The van der Waals surface area contributed by atoms with Crippen LogP contribution in [-0.2, 0) is 0 Å². The van der Waals surface area contributed by atoms with E-state index in [0.29, 0.717) is 23.1 Å². The molecule has 0 unspecified atom stereocenters. The van der Waals surface area contributed by atoms with E-state index in [2.05, 4.69) is 15.1 Å². The average Bonchev–Trinajstić information content (AvgIpc) is 2.77. The first-order valence-electron chi connectivity index (χ1n) is 5.06. The molecule has 0 fully saturated rings. The van der Waals surface area contributed by atoms with Crippen LogP contribution in [0.5, 0.6) is 5.88 Å². The lowest BCUT2D eigenvalue weighted by atomic mass is 10.3. The minimum atomic E-state index is -0.0333. The van der Waals surface area contributed by atoms with Gasteiger partial charge in [-0.05, 0) is 13.8 Å². The van der Waals surface area contributed by atoms with Crippen molar-refractivity contribution in [2.75, 3.05) is 7.11 Å². The molecule has 0 saturated carbocycles. The highest BCUT2D eigenvalue weighted by Crippen LogP contribution is 2.12. The monoisotopic (exact) mass is 232 g/mol. The number of carbonyl (C=O) groups excluding carboxylic acids is 1. The molecular formula is C11H12N4O2. The molecule has 2 aromatic rings. The number of aromatic nitrogens is 4. The van der Waals surface area contributed by atoms with Crippen molar-refractivity contribution in [3.63, 3.8) is 0 Å². The van der Waals surface area contributed by atoms with Gasteiger partial charge in [-0.15, -0.1) is 0 Å². The van der Waals surface area contributed by atoms with Gasteiger partial charge in [-0.1, -0.05) is 0 Å². The minimum absolute atomic E-state index is 0.0333. The summed E-state index contributed by atoms with van der Waals surface area (Å²) in [4.78, 5) is 19.5.